The number of nitro benzene ring substituents is 1. The highest BCUT2D eigenvalue weighted by Gasteiger charge is 2.35. The monoisotopic (exact) mass is 235 g/mol. The van der Waals surface area contributed by atoms with Crippen molar-refractivity contribution in [2.45, 2.75) is 12.6 Å². The number of esters is 1. The van der Waals surface area contributed by atoms with Crippen LogP contribution in [-0.2, 0) is 4.74 Å². The third-order valence-corrected chi connectivity index (χ3v) is 2.75. The Morgan fingerprint density at radius 3 is 2.65 bits per heavy atom. The summed E-state index contributed by atoms with van der Waals surface area (Å²) in [5.74, 6) is -0.986. The van der Waals surface area contributed by atoms with Crippen LogP contribution in [0.15, 0.2) is 12.1 Å². The zero-order chi connectivity index (χ0) is 12.6. The summed E-state index contributed by atoms with van der Waals surface area (Å²) in [7, 11) is 1.21. The van der Waals surface area contributed by atoms with Crippen LogP contribution in [0.3, 0.4) is 0 Å². The fraction of sp³-hybridized carbons (Fsp3) is 0.300. The minimum atomic E-state index is -0.701. The van der Waals surface area contributed by atoms with Gasteiger partial charge in [-0.25, -0.2) is 4.79 Å². The van der Waals surface area contributed by atoms with Crippen molar-refractivity contribution in [2.24, 2.45) is 0 Å². The van der Waals surface area contributed by atoms with Gasteiger partial charge in [0.25, 0.3) is 0 Å². The second kappa shape index (κ2) is 4.08. The minimum absolute atomic E-state index is 0.0962. The summed E-state index contributed by atoms with van der Waals surface area (Å²) in [4.78, 5) is 21.4. The van der Waals surface area contributed by atoms with E-state index in [0.717, 1.165) is 18.7 Å². The molecule has 0 spiro atoms. The van der Waals surface area contributed by atoms with Crippen LogP contribution in [0.4, 0.5) is 5.69 Å². The van der Waals surface area contributed by atoms with Gasteiger partial charge in [-0.1, -0.05) is 12.6 Å². The van der Waals surface area contributed by atoms with Crippen molar-refractivity contribution in [3.05, 3.63) is 27.8 Å². The number of phenolic OH excluding ortho intramolecular Hbond substituents is 1. The summed E-state index contributed by atoms with van der Waals surface area (Å²) < 4.78 is 4.52. The number of nitrogens with zero attached hydrogens (tertiary/aromatic N) is 1. The van der Waals surface area contributed by atoms with E-state index >= 15 is 0 Å². The quantitative estimate of drug-likeness (QED) is 0.362. The van der Waals surface area contributed by atoms with Crippen LogP contribution < -0.4 is 5.46 Å². The molecule has 17 heavy (non-hydrogen) atoms. The number of carbonyl (C=O) groups excluding carboxylic acids is 1. The van der Waals surface area contributed by atoms with Crippen LogP contribution in [0.25, 0.3) is 0 Å². The Hall–Kier alpha value is -2.05. The van der Waals surface area contributed by atoms with Crippen LogP contribution in [0.2, 0.25) is 12.6 Å². The molecule has 1 fully saturated rings. The lowest BCUT2D eigenvalue weighted by molar-refractivity contribution is -0.385. The molecular weight excluding hydrogens is 225 g/mol. The van der Waals surface area contributed by atoms with E-state index in [1.807, 2.05) is 0 Å². The normalized spacial score (nSPS) is 13.4. The lowest BCUT2D eigenvalue weighted by Gasteiger charge is -2.06. The predicted octanol–water partition coefficient (Wildman–Crippen LogP) is 0.802. The van der Waals surface area contributed by atoms with Gasteiger partial charge in [-0.2, -0.15) is 0 Å². The molecule has 88 valence electrons. The molecule has 0 amide bonds. The lowest BCUT2D eigenvalue weighted by Crippen LogP contribution is -2.19. The molecular formula is C10H10BNO5. The number of phenols is 1. The average Bonchev–Trinajstić information content (AvgIpc) is 3.12. The van der Waals surface area contributed by atoms with Gasteiger partial charge in [-0.15, -0.1) is 0 Å². The largest absolute Gasteiger partial charge is 0.502 e. The molecule has 0 unspecified atom stereocenters. The topological polar surface area (TPSA) is 89.7 Å². The Morgan fingerprint density at radius 1 is 1.53 bits per heavy atom. The van der Waals surface area contributed by atoms with Gasteiger partial charge in [0.15, 0.2) is 12.5 Å². The predicted molar refractivity (Wildman–Crippen MR) is 61.1 cm³/mol. The second-order valence-corrected chi connectivity index (χ2v) is 3.96. The van der Waals surface area contributed by atoms with Crippen LogP contribution in [0.5, 0.6) is 5.75 Å². The Bertz CT molecular complexity index is 498. The highest BCUT2D eigenvalue weighted by molar-refractivity contribution is 6.83. The number of carbonyl (C=O) groups is 1. The van der Waals surface area contributed by atoms with Crippen molar-refractivity contribution in [3.8, 4) is 5.75 Å². The number of hydrogen-bond donors (Lipinski definition) is 1. The molecule has 1 aromatic carbocycles. The standard InChI is InChI=1S/C10H10BNO5/c1-17-10(14)6-4-7(11-2-3-11)9(13)8(5-6)12(15)16/h4-5,13H,2-3H2,1H3. The molecule has 1 saturated heterocycles. The smallest absolute Gasteiger partial charge is 0.338 e. The first-order valence-corrected chi connectivity index (χ1v) is 5.14. The number of aromatic hydroxyl groups is 1. The van der Waals surface area contributed by atoms with Gasteiger partial charge in [0.2, 0.25) is 0 Å². The molecule has 2 rings (SSSR count). The van der Waals surface area contributed by atoms with Gasteiger partial charge in [-0.3, -0.25) is 10.1 Å². The minimum Gasteiger partial charge on any atom is -0.502 e. The van der Waals surface area contributed by atoms with Crippen molar-refractivity contribution >= 4 is 23.8 Å². The van der Waals surface area contributed by atoms with Crippen molar-refractivity contribution in [1.82, 2.24) is 0 Å². The Balaban J connectivity index is 2.55. The highest BCUT2D eigenvalue weighted by Crippen LogP contribution is 2.31. The van der Waals surface area contributed by atoms with E-state index in [1.165, 1.54) is 13.2 Å². The number of ether oxygens (including phenoxy) is 1. The fourth-order valence-electron chi connectivity index (χ4n) is 1.72. The van der Waals surface area contributed by atoms with Gasteiger partial charge < -0.3 is 9.84 Å². The molecule has 0 saturated carbocycles. The van der Waals surface area contributed by atoms with Crippen LogP contribution >= 0.6 is 0 Å². The van der Waals surface area contributed by atoms with Crippen molar-refractivity contribution in [2.75, 3.05) is 7.11 Å². The molecule has 7 heteroatoms. The number of hydrogen-bond acceptors (Lipinski definition) is 5. The van der Waals surface area contributed by atoms with Crippen LogP contribution in [-0.4, -0.2) is 29.8 Å². The maximum atomic E-state index is 11.4. The molecule has 1 aliphatic heterocycles. The molecule has 0 atom stereocenters. The summed E-state index contributed by atoms with van der Waals surface area (Å²) in [6.45, 7) is 0.110. The summed E-state index contributed by atoms with van der Waals surface area (Å²) in [5, 5.41) is 20.5. The van der Waals surface area contributed by atoms with E-state index in [0.29, 0.717) is 5.46 Å². The van der Waals surface area contributed by atoms with Gasteiger partial charge >= 0.3 is 11.7 Å². The molecule has 1 heterocycles. The first-order valence-electron chi connectivity index (χ1n) is 5.14. The first-order chi connectivity index (χ1) is 8.04. The third-order valence-electron chi connectivity index (χ3n) is 2.75. The fourth-order valence-corrected chi connectivity index (χ4v) is 1.72. The van der Waals surface area contributed by atoms with Crippen LogP contribution in [0, 0.1) is 10.1 Å². The van der Waals surface area contributed by atoms with E-state index in [-0.39, 0.29) is 18.0 Å². The Labute approximate surface area is 97.4 Å². The molecule has 0 aliphatic carbocycles. The van der Waals surface area contributed by atoms with Gasteiger partial charge in [0.05, 0.1) is 17.6 Å². The van der Waals surface area contributed by atoms with E-state index in [1.54, 1.807) is 0 Å². The summed E-state index contributed by atoms with van der Waals surface area (Å²) in [5.41, 5.74) is 0.105. The maximum Gasteiger partial charge on any atom is 0.338 e. The SMILES string of the molecule is COC(=O)c1cc(B2CC2)c(O)c([N+](=O)[O-])c1. The summed E-state index contributed by atoms with van der Waals surface area (Å²) in [6.07, 6.45) is 1.74. The van der Waals surface area contributed by atoms with Crippen LogP contribution in [0.1, 0.15) is 10.4 Å². The van der Waals surface area contributed by atoms with Gasteiger partial charge in [-0.05, 0) is 11.5 Å². The zero-order valence-electron chi connectivity index (χ0n) is 9.17. The van der Waals surface area contributed by atoms with Crippen molar-refractivity contribution < 1.29 is 19.6 Å². The molecule has 1 N–H and O–H groups in total. The summed E-state index contributed by atoms with van der Waals surface area (Å²) in [6, 6.07) is 2.50. The first kappa shape index (κ1) is 11.4. The second-order valence-electron chi connectivity index (χ2n) is 3.96. The number of benzene rings is 1. The Kier molecular flexibility index (Phi) is 2.75. The molecule has 1 aliphatic rings. The molecule has 0 aromatic heterocycles. The summed E-state index contributed by atoms with van der Waals surface area (Å²) >= 11 is 0. The molecule has 0 radical (unpaired) electrons. The van der Waals surface area contributed by atoms with Gasteiger partial charge in [0, 0.05) is 6.07 Å². The number of methoxy groups -OCH3 is 1. The van der Waals surface area contributed by atoms with E-state index in [9.17, 15) is 20.0 Å². The van der Waals surface area contributed by atoms with E-state index in [4.69, 9.17) is 0 Å². The highest BCUT2D eigenvalue weighted by atomic mass is 16.6. The third kappa shape index (κ3) is 2.08. The number of rotatable bonds is 3. The van der Waals surface area contributed by atoms with Crippen molar-refractivity contribution in [1.29, 1.82) is 0 Å². The molecule has 6 nitrogen and oxygen atoms in total. The number of nitro groups is 1. The lowest BCUT2D eigenvalue weighted by atomic mass is 9.62. The maximum absolute atomic E-state index is 11.4. The van der Waals surface area contributed by atoms with Gasteiger partial charge in [0.1, 0.15) is 0 Å². The van der Waals surface area contributed by atoms with Crippen molar-refractivity contribution in [3.63, 3.8) is 0 Å². The molecule has 1 aromatic rings. The van der Waals surface area contributed by atoms with E-state index < -0.39 is 16.6 Å². The average molecular weight is 235 g/mol. The Morgan fingerprint density at radius 2 is 2.18 bits per heavy atom. The van der Waals surface area contributed by atoms with E-state index in [2.05, 4.69) is 4.74 Å². The zero-order valence-corrected chi connectivity index (χ0v) is 9.17. The molecule has 0 bridgehead atoms.